The van der Waals surface area contributed by atoms with Crippen molar-refractivity contribution in [2.24, 2.45) is 5.73 Å². The van der Waals surface area contributed by atoms with Crippen molar-refractivity contribution in [2.75, 3.05) is 40.4 Å². The molecule has 0 amide bonds. The van der Waals surface area contributed by atoms with E-state index in [1.54, 1.807) is 0 Å². The van der Waals surface area contributed by atoms with E-state index in [4.69, 9.17) is 5.73 Å². The largest absolute Gasteiger partial charge is 0.374 e. The molecule has 4 heteroatoms. The van der Waals surface area contributed by atoms with Crippen LogP contribution in [0.25, 0.3) is 0 Å². The predicted molar refractivity (Wildman–Crippen MR) is 92.5 cm³/mol. The van der Waals surface area contributed by atoms with Gasteiger partial charge in [-0.3, -0.25) is 0 Å². The summed E-state index contributed by atoms with van der Waals surface area (Å²) in [7, 11) is 7.06. The van der Waals surface area contributed by atoms with Crippen molar-refractivity contribution in [3.63, 3.8) is 0 Å². The Balaban J connectivity index is 2.51. The fourth-order valence-electron chi connectivity index (χ4n) is 1.99. The Bertz CT molecular complexity index is 421. The fourth-order valence-corrected chi connectivity index (χ4v) is 3.08. The minimum Gasteiger partial charge on any atom is -0.374 e. The Morgan fingerprint density at radius 1 is 1.60 bits per heavy atom. The average Bonchev–Trinajstić information content (AvgIpc) is 2.38. The van der Waals surface area contributed by atoms with E-state index in [1.165, 1.54) is 16.6 Å². The summed E-state index contributed by atoms with van der Waals surface area (Å²) < 4.78 is 0. The molecule has 1 aliphatic heterocycles. The van der Waals surface area contributed by atoms with E-state index < -0.39 is 0 Å². The molecule has 0 aromatic heterocycles. The quantitative estimate of drug-likeness (QED) is 0.578. The summed E-state index contributed by atoms with van der Waals surface area (Å²) in [5.41, 5.74) is 8.71. The van der Waals surface area contributed by atoms with Crippen molar-refractivity contribution in [2.45, 2.75) is 13.0 Å². The molecule has 0 aliphatic carbocycles. The van der Waals surface area contributed by atoms with Crippen LogP contribution in [0, 0.1) is 0 Å². The molecule has 0 saturated carbocycles. The maximum absolute atomic E-state index is 6.26. The summed E-state index contributed by atoms with van der Waals surface area (Å²) in [4.78, 5) is 4.42. The molecule has 1 rings (SSSR count). The van der Waals surface area contributed by atoms with Crippen LogP contribution < -0.4 is 5.73 Å². The van der Waals surface area contributed by atoms with Crippen molar-refractivity contribution in [3.8, 4) is 0 Å². The van der Waals surface area contributed by atoms with Crippen molar-refractivity contribution < 1.29 is 0 Å². The maximum Gasteiger partial charge on any atom is 0.0501 e. The van der Waals surface area contributed by atoms with Gasteiger partial charge in [0.25, 0.3) is 0 Å². The van der Waals surface area contributed by atoms with Gasteiger partial charge in [0.2, 0.25) is 0 Å². The van der Waals surface area contributed by atoms with Crippen LogP contribution in [0.2, 0.25) is 0 Å². The molecule has 0 aromatic rings. The number of hydrogen-bond acceptors (Lipinski definition) is 3. The van der Waals surface area contributed by atoms with Gasteiger partial charge in [0.1, 0.15) is 0 Å². The van der Waals surface area contributed by atoms with Gasteiger partial charge in [0.05, 0.1) is 6.04 Å². The number of nitrogens with two attached hydrogens (primary N) is 1. The molecular formula is C16H28N3P. The summed E-state index contributed by atoms with van der Waals surface area (Å²) in [6, 6.07) is -0.0515. The van der Waals surface area contributed by atoms with E-state index in [0.29, 0.717) is 0 Å². The Morgan fingerprint density at radius 3 is 2.95 bits per heavy atom. The third-order valence-corrected chi connectivity index (χ3v) is 4.54. The van der Waals surface area contributed by atoms with E-state index >= 15 is 0 Å². The number of allylic oxidation sites excluding steroid dienone is 3. The first-order chi connectivity index (χ1) is 9.41. The molecule has 0 saturated heterocycles. The molecule has 0 aromatic carbocycles. The third-order valence-electron chi connectivity index (χ3n) is 3.44. The zero-order valence-corrected chi connectivity index (χ0v) is 14.2. The van der Waals surface area contributed by atoms with Gasteiger partial charge in [-0.15, -0.1) is 0 Å². The second-order valence-electron chi connectivity index (χ2n) is 5.46. The lowest BCUT2D eigenvalue weighted by Crippen LogP contribution is -2.28. The van der Waals surface area contributed by atoms with Crippen LogP contribution in [0.15, 0.2) is 47.5 Å². The lowest BCUT2D eigenvalue weighted by atomic mass is 10.0. The second-order valence-corrected chi connectivity index (χ2v) is 6.96. The highest BCUT2D eigenvalue weighted by Crippen LogP contribution is 2.23. The fraction of sp³-hybridized carbons (Fsp3) is 0.500. The summed E-state index contributed by atoms with van der Waals surface area (Å²) in [5.74, 6) is 0. The van der Waals surface area contributed by atoms with Crippen molar-refractivity contribution in [1.29, 1.82) is 0 Å². The molecule has 2 atom stereocenters. The van der Waals surface area contributed by atoms with Crippen molar-refractivity contribution >= 4 is 8.58 Å². The van der Waals surface area contributed by atoms with Crippen LogP contribution in [-0.2, 0) is 0 Å². The Labute approximate surface area is 125 Å². The van der Waals surface area contributed by atoms with E-state index in [2.05, 4.69) is 68.7 Å². The van der Waals surface area contributed by atoms with Crippen LogP contribution >= 0.6 is 8.58 Å². The molecule has 0 fully saturated rings. The summed E-state index contributed by atoms with van der Waals surface area (Å²) in [6.45, 7) is 8.30. The number of hydrogen-bond donors (Lipinski definition) is 1. The second kappa shape index (κ2) is 8.41. The van der Waals surface area contributed by atoms with Gasteiger partial charge in [0, 0.05) is 25.8 Å². The molecule has 2 unspecified atom stereocenters. The number of nitrogens with zero attached hydrogens (tertiary/aromatic N) is 2. The van der Waals surface area contributed by atoms with Crippen LogP contribution in [0.1, 0.15) is 6.92 Å². The molecular weight excluding hydrogens is 265 g/mol. The van der Waals surface area contributed by atoms with Gasteiger partial charge in [0.15, 0.2) is 0 Å². The smallest absolute Gasteiger partial charge is 0.0501 e. The summed E-state index contributed by atoms with van der Waals surface area (Å²) >= 11 is 0. The minimum atomic E-state index is -0.0515. The standard InChI is InChI=1S/C16H28N3P/c1-13(20-12-11-18(3)4)8-9-16(17)15-7-6-10-19(5)14(15)2/h6-9,16,20H,1,10-12,17H2,2-5H3/b9-8-. The van der Waals surface area contributed by atoms with Crippen molar-refractivity contribution in [3.05, 3.63) is 47.5 Å². The molecule has 2 N–H and O–H groups in total. The lowest BCUT2D eigenvalue weighted by molar-refractivity contribution is 0.437. The molecule has 112 valence electrons. The summed E-state index contributed by atoms with van der Waals surface area (Å²) in [6.07, 6.45) is 9.61. The number of likely N-dealkylation sites (N-methyl/N-ethyl adjacent to an activating group) is 1. The zero-order chi connectivity index (χ0) is 15.1. The Hall–Kier alpha value is -0.890. The monoisotopic (exact) mass is 293 g/mol. The molecule has 1 heterocycles. The predicted octanol–water partition coefficient (Wildman–Crippen LogP) is 2.40. The maximum atomic E-state index is 6.26. The zero-order valence-electron chi connectivity index (χ0n) is 13.2. The van der Waals surface area contributed by atoms with Crippen LogP contribution in [-0.4, -0.2) is 56.2 Å². The van der Waals surface area contributed by atoms with Crippen LogP contribution in [0.3, 0.4) is 0 Å². The molecule has 3 nitrogen and oxygen atoms in total. The van der Waals surface area contributed by atoms with Gasteiger partial charge in [-0.2, -0.15) is 0 Å². The molecule has 0 radical (unpaired) electrons. The van der Waals surface area contributed by atoms with Crippen LogP contribution in [0.4, 0.5) is 0 Å². The van der Waals surface area contributed by atoms with Crippen molar-refractivity contribution in [1.82, 2.24) is 9.80 Å². The van der Waals surface area contributed by atoms with Gasteiger partial charge >= 0.3 is 0 Å². The molecule has 0 spiro atoms. The van der Waals surface area contributed by atoms with Gasteiger partial charge in [-0.1, -0.05) is 39.5 Å². The average molecular weight is 293 g/mol. The van der Waals surface area contributed by atoms with E-state index in [0.717, 1.165) is 27.8 Å². The molecule has 1 aliphatic rings. The van der Waals surface area contributed by atoms with Gasteiger partial charge in [-0.05, 0) is 38.1 Å². The minimum absolute atomic E-state index is 0.0515. The topological polar surface area (TPSA) is 32.5 Å². The first kappa shape index (κ1) is 17.2. The molecule has 20 heavy (non-hydrogen) atoms. The Kier molecular flexibility index (Phi) is 7.22. The van der Waals surface area contributed by atoms with E-state index in [-0.39, 0.29) is 6.04 Å². The highest BCUT2D eigenvalue weighted by atomic mass is 31.1. The van der Waals surface area contributed by atoms with Crippen LogP contribution in [0.5, 0.6) is 0 Å². The first-order valence-corrected chi connectivity index (χ1v) is 8.22. The third kappa shape index (κ3) is 5.62. The SMILES string of the molecule is C=C(/C=C\C(N)C1=C(C)N(C)CC=C1)PCCN(C)C. The van der Waals surface area contributed by atoms with Gasteiger partial charge in [-0.25, -0.2) is 0 Å². The lowest BCUT2D eigenvalue weighted by Gasteiger charge is -2.26. The summed E-state index contributed by atoms with van der Waals surface area (Å²) in [5, 5.41) is 1.17. The highest BCUT2D eigenvalue weighted by Gasteiger charge is 2.12. The Morgan fingerprint density at radius 2 is 2.30 bits per heavy atom. The van der Waals surface area contributed by atoms with E-state index in [9.17, 15) is 0 Å². The molecule has 0 bridgehead atoms. The highest BCUT2D eigenvalue weighted by molar-refractivity contribution is 7.43. The number of rotatable bonds is 7. The first-order valence-electron chi connectivity index (χ1n) is 7.01. The van der Waals surface area contributed by atoms with Gasteiger partial charge < -0.3 is 15.5 Å². The van der Waals surface area contributed by atoms with E-state index in [1.807, 2.05) is 0 Å². The normalized spacial score (nSPS) is 18.0.